The number of nitriles is 1. The van der Waals surface area contributed by atoms with Gasteiger partial charge in [-0.05, 0) is 72.1 Å². The summed E-state index contributed by atoms with van der Waals surface area (Å²) >= 11 is 25.0. The smallest absolute Gasteiger partial charge is 0.226 e. The van der Waals surface area contributed by atoms with Crippen molar-refractivity contribution >= 4 is 63.7 Å². The van der Waals surface area contributed by atoms with E-state index in [0.717, 1.165) is 28.9 Å². The highest BCUT2D eigenvalue weighted by Gasteiger charge is 2.22. The van der Waals surface area contributed by atoms with E-state index in [0.29, 0.717) is 51.3 Å². The molecule has 0 bridgehead atoms. The van der Waals surface area contributed by atoms with Crippen LogP contribution in [-0.4, -0.2) is 38.1 Å². The second kappa shape index (κ2) is 15.9. The van der Waals surface area contributed by atoms with Gasteiger partial charge in [0.05, 0.1) is 34.4 Å². The standard InChI is InChI=1S/C33H33Cl3N6OS/c1-22(2)13-28(39-31(43)15-29-17-38-21-42(29)18-24-11-9-23(16-37)10-12-24)20-41(19-25-5-3-8-30(35)32(25)36)33(44)40-27-7-4-6-26(34)14-27/h3-12,14,17,21-22,28H,13,15,18-20H2,1-2H3,(H,39,43)(H,40,44)/t28-/m0/s1. The Kier molecular flexibility index (Phi) is 12.0. The number of nitrogens with one attached hydrogen (secondary N) is 2. The van der Waals surface area contributed by atoms with Crippen molar-refractivity contribution < 1.29 is 4.79 Å². The predicted octanol–water partition coefficient (Wildman–Crippen LogP) is 7.74. The number of anilines is 1. The first-order valence-corrected chi connectivity index (χ1v) is 15.7. The van der Waals surface area contributed by atoms with Gasteiger partial charge in [0, 0.05) is 48.3 Å². The number of rotatable bonds is 12. The van der Waals surface area contributed by atoms with E-state index in [4.69, 9.17) is 52.3 Å². The number of hydrogen-bond acceptors (Lipinski definition) is 4. The molecule has 3 aromatic carbocycles. The van der Waals surface area contributed by atoms with Crippen molar-refractivity contribution in [3.05, 3.63) is 117 Å². The fraction of sp³-hybridized carbons (Fsp3) is 0.273. The first-order chi connectivity index (χ1) is 21.1. The summed E-state index contributed by atoms with van der Waals surface area (Å²) in [5, 5.41) is 17.6. The Balaban J connectivity index is 1.50. The maximum absolute atomic E-state index is 13.4. The lowest BCUT2D eigenvalue weighted by Gasteiger charge is -2.32. The minimum atomic E-state index is -0.213. The molecular formula is C33H33Cl3N6OS. The van der Waals surface area contributed by atoms with Gasteiger partial charge in [0.15, 0.2) is 5.11 Å². The SMILES string of the molecule is CC(C)C[C@@H](CN(Cc1cccc(Cl)c1Cl)C(=S)Nc1cccc(Cl)c1)NC(=O)Cc1cncn1Cc1ccc(C#N)cc1. The summed E-state index contributed by atoms with van der Waals surface area (Å²) in [7, 11) is 0. The predicted molar refractivity (Wildman–Crippen MR) is 182 cm³/mol. The molecule has 0 aliphatic heterocycles. The summed E-state index contributed by atoms with van der Waals surface area (Å²) in [6, 6.07) is 22.1. The Hall–Kier alpha value is -3.61. The van der Waals surface area contributed by atoms with Crippen molar-refractivity contribution in [1.29, 1.82) is 5.26 Å². The molecule has 0 unspecified atom stereocenters. The molecule has 4 aromatic rings. The molecule has 7 nitrogen and oxygen atoms in total. The number of thiocarbonyl (C=S) groups is 1. The zero-order valence-electron chi connectivity index (χ0n) is 24.4. The van der Waals surface area contributed by atoms with Gasteiger partial charge in [0.25, 0.3) is 0 Å². The van der Waals surface area contributed by atoms with Gasteiger partial charge >= 0.3 is 0 Å². The molecule has 0 saturated heterocycles. The van der Waals surface area contributed by atoms with E-state index in [1.807, 2.05) is 45.9 Å². The topological polar surface area (TPSA) is 86.0 Å². The van der Waals surface area contributed by atoms with E-state index >= 15 is 0 Å². The maximum atomic E-state index is 13.4. The van der Waals surface area contributed by atoms with Crippen LogP contribution in [0.3, 0.4) is 0 Å². The van der Waals surface area contributed by atoms with Gasteiger partial charge in [-0.2, -0.15) is 5.26 Å². The molecule has 0 aliphatic carbocycles. The number of benzene rings is 3. The van der Waals surface area contributed by atoms with Gasteiger partial charge in [-0.15, -0.1) is 0 Å². The molecule has 1 atom stereocenters. The van der Waals surface area contributed by atoms with Crippen LogP contribution in [0.15, 0.2) is 79.3 Å². The number of aromatic nitrogens is 2. The van der Waals surface area contributed by atoms with Crippen LogP contribution in [0.1, 0.15) is 42.7 Å². The molecule has 44 heavy (non-hydrogen) atoms. The average Bonchev–Trinajstić information content (AvgIpc) is 3.40. The lowest BCUT2D eigenvalue weighted by molar-refractivity contribution is -0.121. The molecule has 4 rings (SSSR count). The molecule has 0 spiro atoms. The summed E-state index contributed by atoms with van der Waals surface area (Å²) in [5.74, 6) is 0.194. The lowest BCUT2D eigenvalue weighted by atomic mass is 10.0. The zero-order chi connectivity index (χ0) is 31.6. The second-order valence-corrected chi connectivity index (χ2v) is 12.5. The van der Waals surface area contributed by atoms with E-state index in [1.165, 1.54) is 0 Å². The number of hydrogen-bond donors (Lipinski definition) is 2. The fourth-order valence-electron chi connectivity index (χ4n) is 4.84. The minimum absolute atomic E-state index is 0.119. The Morgan fingerprint density at radius 2 is 1.84 bits per heavy atom. The Labute approximate surface area is 278 Å². The minimum Gasteiger partial charge on any atom is -0.351 e. The molecule has 1 heterocycles. The van der Waals surface area contributed by atoms with E-state index in [1.54, 1.807) is 42.9 Å². The van der Waals surface area contributed by atoms with Gasteiger partial charge < -0.3 is 20.1 Å². The first kappa shape index (κ1) is 33.3. The van der Waals surface area contributed by atoms with Crippen LogP contribution in [-0.2, 0) is 24.3 Å². The van der Waals surface area contributed by atoms with Crippen molar-refractivity contribution in [3.8, 4) is 6.07 Å². The molecule has 1 amide bonds. The van der Waals surface area contributed by atoms with Gasteiger partial charge in [-0.3, -0.25) is 4.79 Å². The normalized spacial score (nSPS) is 11.6. The van der Waals surface area contributed by atoms with Crippen molar-refractivity contribution in [3.63, 3.8) is 0 Å². The molecule has 228 valence electrons. The van der Waals surface area contributed by atoms with Gasteiger partial charge in [0.2, 0.25) is 5.91 Å². The number of nitrogens with zero attached hydrogens (tertiary/aromatic N) is 4. The zero-order valence-corrected chi connectivity index (χ0v) is 27.5. The number of amides is 1. The summed E-state index contributed by atoms with van der Waals surface area (Å²) in [6.45, 7) is 5.59. The number of carbonyl (C=O) groups excluding carboxylic acids is 1. The summed E-state index contributed by atoms with van der Waals surface area (Å²) in [4.78, 5) is 19.7. The van der Waals surface area contributed by atoms with Gasteiger partial charge in [-0.1, -0.05) is 79.0 Å². The highest BCUT2D eigenvalue weighted by Crippen LogP contribution is 2.27. The van der Waals surface area contributed by atoms with E-state index in [-0.39, 0.29) is 18.4 Å². The lowest BCUT2D eigenvalue weighted by Crippen LogP contribution is -2.47. The molecule has 2 N–H and O–H groups in total. The highest BCUT2D eigenvalue weighted by atomic mass is 35.5. The number of carbonyl (C=O) groups is 1. The largest absolute Gasteiger partial charge is 0.351 e. The summed E-state index contributed by atoms with van der Waals surface area (Å²) in [6.07, 6.45) is 4.31. The van der Waals surface area contributed by atoms with Crippen molar-refractivity contribution in [2.24, 2.45) is 5.92 Å². The number of imidazole rings is 1. The van der Waals surface area contributed by atoms with Gasteiger partial charge in [-0.25, -0.2) is 4.98 Å². The van der Waals surface area contributed by atoms with E-state index in [9.17, 15) is 4.79 Å². The third-order valence-corrected chi connectivity index (χ3v) is 8.35. The average molecular weight is 668 g/mol. The summed E-state index contributed by atoms with van der Waals surface area (Å²) < 4.78 is 1.94. The Morgan fingerprint density at radius 1 is 1.09 bits per heavy atom. The van der Waals surface area contributed by atoms with Gasteiger partial charge in [0.1, 0.15) is 0 Å². The quantitative estimate of drug-likeness (QED) is 0.150. The third kappa shape index (κ3) is 9.70. The first-order valence-electron chi connectivity index (χ1n) is 14.1. The van der Waals surface area contributed by atoms with Crippen LogP contribution >= 0.6 is 47.0 Å². The number of halogens is 3. The van der Waals surface area contributed by atoms with E-state index in [2.05, 4.69) is 35.5 Å². The molecular weight excluding hydrogens is 635 g/mol. The fourth-order valence-corrected chi connectivity index (χ4v) is 5.67. The van der Waals surface area contributed by atoms with Crippen LogP contribution in [0, 0.1) is 17.2 Å². The molecule has 11 heteroatoms. The summed E-state index contributed by atoms with van der Waals surface area (Å²) in [5.41, 5.74) is 3.97. The maximum Gasteiger partial charge on any atom is 0.226 e. The van der Waals surface area contributed by atoms with E-state index < -0.39 is 0 Å². The van der Waals surface area contributed by atoms with Crippen LogP contribution < -0.4 is 10.6 Å². The molecule has 0 radical (unpaired) electrons. The molecule has 1 aromatic heterocycles. The van der Waals surface area contributed by atoms with Crippen LogP contribution in [0.2, 0.25) is 15.1 Å². The van der Waals surface area contributed by atoms with Crippen LogP contribution in [0.5, 0.6) is 0 Å². The monoisotopic (exact) mass is 666 g/mol. The molecule has 0 saturated carbocycles. The van der Waals surface area contributed by atoms with Crippen molar-refractivity contribution in [1.82, 2.24) is 19.8 Å². The van der Waals surface area contributed by atoms with Crippen molar-refractivity contribution in [2.75, 3.05) is 11.9 Å². The Morgan fingerprint density at radius 3 is 2.55 bits per heavy atom. The third-order valence-electron chi connectivity index (χ3n) is 6.89. The molecule has 0 aliphatic rings. The van der Waals surface area contributed by atoms with Crippen molar-refractivity contribution in [2.45, 2.75) is 45.8 Å². The molecule has 0 fully saturated rings. The second-order valence-electron chi connectivity index (χ2n) is 10.9. The highest BCUT2D eigenvalue weighted by molar-refractivity contribution is 7.80. The van der Waals surface area contributed by atoms with Crippen LogP contribution in [0.4, 0.5) is 5.69 Å². The Bertz CT molecular complexity index is 1630. The van der Waals surface area contributed by atoms with Crippen LogP contribution in [0.25, 0.3) is 0 Å².